The largest absolute Gasteiger partial charge is 0.359 e. The molecule has 0 spiro atoms. The molecule has 0 rings (SSSR count). The van der Waals surface area contributed by atoms with E-state index in [1.54, 1.807) is 6.07 Å². The monoisotopic (exact) mass is 183 g/mol. The topological polar surface area (TPSA) is 96.0 Å². The van der Waals surface area contributed by atoms with Crippen molar-refractivity contribution in [3.05, 3.63) is 21.9 Å². The van der Waals surface area contributed by atoms with Gasteiger partial charge in [-0.25, -0.2) is 0 Å². The van der Waals surface area contributed by atoms with Crippen LogP contribution in [0.4, 0.5) is 0 Å². The molecule has 0 atom stereocenters. The molecule has 13 heavy (non-hydrogen) atoms. The van der Waals surface area contributed by atoms with Gasteiger partial charge in [0.25, 0.3) is 5.70 Å². The summed E-state index contributed by atoms with van der Waals surface area (Å²) in [6, 6.07) is 1.73. The molecule has 1 amide bonds. The van der Waals surface area contributed by atoms with Gasteiger partial charge in [0.1, 0.15) is 6.42 Å². The van der Waals surface area contributed by atoms with Crippen molar-refractivity contribution < 1.29 is 9.72 Å². The molecule has 0 aliphatic carbocycles. The van der Waals surface area contributed by atoms with Crippen LogP contribution in [0.2, 0.25) is 0 Å². The van der Waals surface area contributed by atoms with E-state index >= 15 is 0 Å². The van der Waals surface area contributed by atoms with Crippen molar-refractivity contribution in [2.24, 2.45) is 0 Å². The molecule has 0 heterocycles. The number of carbonyl (C=O) groups is 1. The van der Waals surface area contributed by atoms with Crippen molar-refractivity contribution in [3.63, 3.8) is 0 Å². The van der Waals surface area contributed by atoms with Crippen molar-refractivity contribution in [3.8, 4) is 6.07 Å². The van der Waals surface area contributed by atoms with E-state index in [0.717, 1.165) is 6.08 Å². The standard InChI is InChI=1S/C7H9N3O3/c1-9-7(11)5-6(10(12)13)3-2-4-8/h3H,2,5H2,1H3,(H,9,11)/b6-3-. The van der Waals surface area contributed by atoms with Crippen LogP contribution in [-0.4, -0.2) is 17.9 Å². The van der Waals surface area contributed by atoms with Gasteiger partial charge in [-0.1, -0.05) is 0 Å². The first-order valence-corrected chi connectivity index (χ1v) is 3.52. The molecular formula is C7H9N3O3. The molecule has 0 unspecified atom stereocenters. The second-order valence-electron chi connectivity index (χ2n) is 2.16. The highest BCUT2D eigenvalue weighted by Crippen LogP contribution is 2.03. The van der Waals surface area contributed by atoms with E-state index < -0.39 is 10.8 Å². The fourth-order valence-corrected chi connectivity index (χ4v) is 0.628. The lowest BCUT2D eigenvalue weighted by atomic mass is 10.2. The van der Waals surface area contributed by atoms with E-state index in [0.29, 0.717) is 0 Å². The zero-order valence-electron chi connectivity index (χ0n) is 7.11. The second kappa shape index (κ2) is 5.71. The molecule has 6 nitrogen and oxygen atoms in total. The van der Waals surface area contributed by atoms with Gasteiger partial charge < -0.3 is 5.32 Å². The summed E-state index contributed by atoms with van der Waals surface area (Å²) in [6.07, 6.45) is 0.772. The van der Waals surface area contributed by atoms with E-state index in [9.17, 15) is 14.9 Å². The molecule has 0 saturated carbocycles. The lowest BCUT2D eigenvalue weighted by molar-refractivity contribution is -0.426. The maximum atomic E-state index is 10.8. The quantitative estimate of drug-likeness (QED) is 0.497. The second-order valence-corrected chi connectivity index (χ2v) is 2.16. The normalized spacial score (nSPS) is 10.3. The summed E-state index contributed by atoms with van der Waals surface area (Å²) in [4.78, 5) is 20.4. The molecule has 0 aliphatic heterocycles. The highest BCUT2D eigenvalue weighted by atomic mass is 16.6. The van der Waals surface area contributed by atoms with Crippen LogP contribution in [-0.2, 0) is 4.79 Å². The van der Waals surface area contributed by atoms with Crippen LogP contribution in [0.1, 0.15) is 12.8 Å². The van der Waals surface area contributed by atoms with Gasteiger partial charge in [0.2, 0.25) is 5.91 Å². The Bertz CT molecular complexity index is 277. The number of allylic oxidation sites excluding steroid dienone is 1. The predicted molar refractivity (Wildman–Crippen MR) is 44.0 cm³/mol. The van der Waals surface area contributed by atoms with Gasteiger partial charge in [0, 0.05) is 13.1 Å². The average Bonchev–Trinajstić information content (AvgIpc) is 2.11. The van der Waals surface area contributed by atoms with Crippen molar-refractivity contribution >= 4 is 5.91 Å². The van der Waals surface area contributed by atoms with Crippen LogP contribution >= 0.6 is 0 Å². The van der Waals surface area contributed by atoms with Crippen molar-refractivity contribution in [1.29, 1.82) is 5.26 Å². The molecule has 1 N–H and O–H groups in total. The lowest BCUT2D eigenvalue weighted by Gasteiger charge is -1.96. The number of rotatable bonds is 4. The number of carbonyl (C=O) groups excluding carboxylic acids is 1. The van der Waals surface area contributed by atoms with E-state index in [4.69, 9.17) is 5.26 Å². The van der Waals surface area contributed by atoms with Gasteiger partial charge in [-0.05, 0) is 0 Å². The molecule has 0 aliphatic rings. The minimum atomic E-state index is -0.660. The van der Waals surface area contributed by atoms with Gasteiger partial charge in [0.15, 0.2) is 0 Å². The number of nitriles is 1. The van der Waals surface area contributed by atoms with Crippen LogP contribution in [0.15, 0.2) is 11.8 Å². The Hall–Kier alpha value is -1.90. The summed E-state index contributed by atoms with van der Waals surface area (Å²) in [5.41, 5.74) is -0.249. The number of nitrogens with zero attached hydrogens (tertiary/aromatic N) is 2. The summed E-state index contributed by atoms with van der Waals surface area (Å²) >= 11 is 0. The van der Waals surface area contributed by atoms with Gasteiger partial charge in [-0.2, -0.15) is 5.26 Å². The summed E-state index contributed by atoms with van der Waals surface area (Å²) in [5.74, 6) is -0.444. The van der Waals surface area contributed by atoms with Crippen LogP contribution < -0.4 is 5.32 Å². The van der Waals surface area contributed by atoms with E-state index in [1.807, 2.05) is 0 Å². The first kappa shape index (κ1) is 11.1. The third-order valence-corrected chi connectivity index (χ3v) is 1.28. The van der Waals surface area contributed by atoms with E-state index in [-0.39, 0.29) is 18.5 Å². The van der Waals surface area contributed by atoms with E-state index in [1.165, 1.54) is 7.05 Å². The molecular weight excluding hydrogens is 174 g/mol. The van der Waals surface area contributed by atoms with Gasteiger partial charge in [0.05, 0.1) is 17.4 Å². The Kier molecular flexibility index (Phi) is 4.88. The zero-order valence-corrected chi connectivity index (χ0v) is 7.11. The third kappa shape index (κ3) is 4.53. The average molecular weight is 183 g/mol. The molecule has 0 radical (unpaired) electrons. The maximum Gasteiger partial charge on any atom is 0.252 e. The number of amides is 1. The summed E-state index contributed by atoms with van der Waals surface area (Å²) in [7, 11) is 1.39. The summed E-state index contributed by atoms with van der Waals surface area (Å²) in [5, 5.41) is 20.7. The Morgan fingerprint density at radius 3 is 2.77 bits per heavy atom. The van der Waals surface area contributed by atoms with Crippen molar-refractivity contribution in [1.82, 2.24) is 5.32 Å². The minimum Gasteiger partial charge on any atom is -0.359 e. The van der Waals surface area contributed by atoms with Crippen LogP contribution in [0.3, 0.4) is 0 Å². The molecule has 0 aromatic rings. The first-order valence-electron chi connectivity index (χ1n) is 3.52. The fourth-order valence-electron chi connectivity index (χ4n) is 0.628. The molecule has 0 aromatic carbocycles. The highest BCUT2D eigenvalue weighted by Gasteiger charge is 2.14. The first-order chi connectivity index (χ1) is 6.11. The van der Waals surface area contributed by atoms with Gasteiger partial charge >= 0.3 is 0 Å². The van der Waals surface area contributed by atoms with Crippen molar-refractivity contribution in [2.75, 3.05) is 7.05 Å². The predicted octanol–water partition coefficient (Wildman–Crippen LogP) is 0.197. The number of nitrogens with one attached hydrogen (secondary N) is 1. The highest BCUT2D eigenvalue weighted by molar-refractivity contribution is 5.77. The molecule has 0 bridgehead atoms. The van der Waals surface area contributed by atoms with E-state index in [2.05, 4.69) is 5.32 Å². The van der Waals surface area contributed by atoms with Crippen molar-refractivity contribution in [2.45, 2.75) is 12.8 Å². The van der Waals surface area contributed by atoms with Crippen LogP contribution in [0.5, 0.6) is 0 Å². The molecule has 6 heteroatoms. The SMILES string of the molecule is CNC(=O)C/C(=C/CC#N)[N+](=O)[O-]. The van der Waals surface area contributed by atoms with Crippen LogP contribution in [0.25, 0.3) is 0 Å². The van der Waals surface area contributed by atoms with Gasteiger partial charge in [-0.15, -0.1) is 0 Å². The summed E-state index contributed by atoms with van der Waals surface area (Å²) in [6.45, 7) is 0. The number of hydrogen-bond donors (Lipinski definition) is 1. The Labute approximate surface area is 75.0 Å². The minimum absolute atomic E-state index is 0.0622. The lowest BCUT2D eigenvalue weighted by Crippen LogP contribution is -2.19. The van der Waals surface area contributed by atoms with Crippen LogP contribution in [0, 0.1) is 21.4 Å². The Morgan fingerprint density at radius 2 is 2.38 bits per heavy atom. The number of nitro groups is 1. The Morgan fingerprint density at radius 1 is 1.77 bits per heavy atom. The molecule has 0 saturated heterocycles. The fraction of sp³-hybridized carbons (Fsp3) is 0.429. The Balaban J connectivity index is 4.37. The summed E-state index contributed by atoms with van der Waals surface area (Å²) < 4.78 is 0. The third-order valence-electron chi connectivity index (χ3n) is 1.28. The molecule has 0 aromatic heterocycles. The molecule has 0 fully saturated rings. The smallest absolute Gasteiger partial charge is 0.252 e. The molecule has 70 valence electrons. The number of hydrogen-bond acceptors (Lipinski definition) is 4. The maximum absolute atomic E-state index is 10.8. The zero-order chi connectivity index (χ0) is 10.3. The van der Waals surface area contributed by atoms with Gasteiger partial charge in [-0.3, -0.25) is 14.9 Å².